The first-order chi connectivity index (χ1) is 21.9. The minimum absolute atomic E-state index is 0.178. The molecule has 0 saturated heterocycles. The SMILES string of the molecule is COC(=O)c1cc(Nc2c(C(N)=O)cnc3cc(-c4cnc(OC)nc4OC)ccc23)ccc1-c1ccoc1.O=C(O)C(F)(F)F. The summed E-state index contributed by atoms with van der Waals surface area (Å²) in [5.74, 6) is -3.61. The van der Waals surface area contributed by atoms with Gasteiger partial charge in [0.1, 0.15) is 0 Å². The number of aliphatic carboxylic acids is 1. The number of benzene rings is 2. The van der Waals surface area contributed by atoms with Crippen LogP contribution in [0.15, 0.2) is 71.8 Å². The second-order valence-electron chi connectivity index (χ2n) is 9.11. The number of furan rings is 1. The first-order valence-corrected chi connectivity index (χ1v) is 12.9. The molecule has 2 aromatic carbocycles. The van der Waals surface area contributed by atoms with Gasteiger partial charge in [-0.1, -0.05) is 18.2 Å². The molecule has 238 valence electrons. The number of methoxy groups -OCH3 is 3. The van der Waals surface area contributed by atoms with Gasteiger partial charge >= 0.3 is 24.1 Å². The lowest BCUT2D eigenvalue weighted by Crippen LogP contribution is -2.21. The van der Waals surface area contributed by atoms with E-state index < -0.39 is 24.0 Å². The second-order valence-corrected chi connectivity index (χ2v) is 9.11. The van der Waals surface area contributed by atoms with Crippen molar-refractivity contribution in [3.8, 4) is 34.1 Å². The molecule has 5 rings (SSSR count). The third kappa shape index (κ3) is 7.12. The van der Waals surface area contributed by atoms with Crippen LogP contribution >= 0.6 is 0 Å². The van der Waals surface area contributed by atoms with Crippen LogP contribution in [0.4, 0.5) is 24.5 Å². The molecule has 0 bridgehead atoms. The van der Waals surface area contributed by atoms with Crippen LogP contribution in [0.2, 0.25) is 0 Å². The number of nitrogens with zero attached hydrogens (tertiary/aromatic N) is 3. The smallest absolute Gasteiger partial charge is 0.480 e. The highest BCUT2D eigenvalue weighted by molar-refractivity contribution is 6.08. The molecule has 3 heterocycles. The Labute approximate surface area is 257 Å². The van der Waals surface area contributed by atoms with Gasteiger partial charge < -0.3 is 34.8 Å². The monoisotopic (exact) mass is 639 g/mol. The molecule has 16 heteroatoms. The maximum absolute atomic E-state index is 12.6. The van der Waals surface area contributed by atoms with Crippen LogP contribution in [-0.4, -0.2) is 65.4 Å². The van der Waals surface area contributed by atoms with E-state index in [1.54, 1.807) is 36.5 Å². The number of carbonyl (C=O) groups excluding carboxylic acids is 2. The van der Waals surface area contributed by atoms with E-state index in [-0.39, 0.29) is 11.6 Å². The Morgan fingerprint density at radius 3 is 2.24 bits per heavy atom. The minimum atomic E-state index is -5.08. The van der Waals surface area contributed by atoms with Gasteiger partial charge in [0.15, 0.2) is 0 Å². The maximum atomic E-state index is 12.6. The fourth-order valence-electron chi connectivity index (χ4n) is 4.20. The number of carboxylic acids is 1. The van der Waals surface area contributed by atoms with Gasteiger partial charge in [-0.2, -0.15) is 18.2 Å². The number of hydrogen-bond donors (Lipinski definition) is 3. The molecule has 0 radical (unpaired) electrons. The molecule has 4 N–H and O–H groups in total. The topological polar surface area (TPSA) is 189 Å². The molecule has 0 unspecified atom stereocenters. The van der Waals surface area contributed by atoms with Crippen molar-refractivity contribution in [2.24, 2.45) is 5.73 Å². The standard InChI is InChI=1S/C28H23N5O6.C2HF3O2/c1-36-26-21(12-31-28(33-26)38-3)15-4-6-19-23(10-15)30-13-22(25(29)34)24(19)32-17-5-7-18(16-8-9-39-14-16)20(11-17)27(35)37-2;3-2(4,5)1(6)7/h4-14H,1-3H3,(H2,29,34)(H,30,32);(H,6,7). The zero-order valence-electron chi connectivity index (χ0n) is 24.2. The summed E-state index contributed by atoms with van der Waals surface area (Å²) in [6.07, 6.45) is 0.974. The van der Waals surface area contributed by atoms with Crippen LogP contribution in [0.3, 0.4) is 0 Å². The van der Waals surface area contributed by atoms with Gasteiger partial charge in [-0.15, -0.1) is 0 Å². The van der Waals surface area contributed by atoms with E-state index in [2.05, 4.69) is 20.3 Å². The highest BCUT2D eigenvalue weighted by Crippen LogP contribution is 2.36. The van der Waals surface area contributed by atoms with E-state index in [0.717, 1.165) is 11.1 Å². The largest absolute Gasteiger partial charge is 0.490 e. The quantitative estimate of drug-likeness (QED) is 0.188. The number of ether oxygens (including phenoxy) is 3. The number of carbonyl (C=O) groups is 3. The van der Waals surface area contributed by atoms with E-state index in [4.69, 9.17) is 34.3 Å². The van der Waals surface area contributed by atoms with Gasteiger partial charge in [-0.3, -0.25) is 9.78 Å². The van der Waals surface area contributed by atoms with Crippen LogP contribution in [0, 0.1) is 0 Å². The normalized spacial score (nSPS) is 10.8. The Balaban J connectivity index is 0.000000617. The van der Waals surface area contributed by atoms with E-state index in [1.807, 2.05) is 12.1 Å². The van der Waals surface area contributed by atoms with E-state index in [1.165, 1.54) is 40.1 Å². The lowest BCUT2D eigenvalue weighted by Gasteiger charge is -2.16. The molecule has 3 aromatic heterocycles. The van der Waals surface area contributed by atoms with Gasteiger partial charge in [0.05, 0.1) is 61.8 Å². The van der Waals surface area contributed by atoms with Crippen LogP contribution in [0.5, 0.6) is 11.9 Å². The zero-order chi connectivity index (χ0) is 33.6. The Hall–Kier alpha value is -6.19. The predicted molar refractivity (Wildman–Crippen MR) is 157 cm³/mol. The fourth-order valence-corrected chi connectivity index (χ4v) is 4.20. The number of aromatic nitrogens is 3. The van der Waals surface area contributed by atoms with E-state index in [0.29, 0.717) is 44.8 Å². The number of carboxylic acid groups (broad SMARTS) is 1. The summed E-state index contributed by atoms with van der Waals surface area (Å²) in [4.78, 5) is 46.7. The minimum Gasteiger partial charge on any atom is -0.480 e. The molecule has 0 saturated carbocycles. The number of fused-ring (bicyclic) bond motifs is 1. The van der Waals surface area contributed by atoms with Crippen molar-refractivity contribution < 1.29 is 51.3 Å². The molecular weight excluding hydrogens is 615 g/mol. The van der Waals surface area contributed by atoms with Crippen molar-refractivity contribution >= 4 is 40.1 Å². The summed E-state index contributed by atoms with van der Waals surface area (Å²) in [5.41, 5.74) is 10.5. The maximum Gasteiger partial charge on any atom is 0.490 e. The number of halogens is 3. The number of hydrogen-bond acceptors (Lipinski definition) is 11. The van der Waals surface area contributed by atoms with Crippen molar-refractivity contribution in [2.45, 2.75) is 6.18 Å². The van der Waals surface area contributed by atoms with Crippen molar-refractivity contribution in [3.05, 3.63) is 78.5 Å². The van der Waals surface area contributed by atoms with Gasteiger partial charge in [0.2, 0.25) is 5.88 Å². The number of amides is 1. The number of primary amides is 1. The first kappa shape index (κ1) is 32.7. The highest BCUT2D eigenvalue weighted by Gasteiger charge is 2.38. The molecule has 5 aromatic rings. The lowest BCUT2D eigenvalue weighted by atomic mass is 10.0. The molecule has 0 spiro atoms. The number of esters is 1. The Bertz CT molecular complexity index is 1910. The second kappa shape index (κ2) is 13.6. The van der Waals surface area contributed by atoms with Crippen molar-refractivity contribution in [3.63, 3.8) is 0 Å². The van der Waals surface area contributed by atoms with Crippen molar-refractivity contribution in [1.82, 2.24) is 15.0 Å². The Morgan fingerprint density at radius 2 is 1.65 bits per heavy atom. The average Bonchev–Trinajstić information content (AvgIpc) is 3.58. The molecule has 0 aliphatic heterocycles. The lowest BCUT2D eigenvalue weighted by molar-refractivity contribution is -0.192. The number of nitrogens with one attached hydrogen (secondary N) is 1. The molecule has 1 amide bonds. The number of alkyl halides is 3. The van der Waals surface area contributed by atoms with E-state index >= 15 is 0 Å². The fraction of sp³-hybridized carbons (Fsp3) is 0.133. The number of nitrogens with two attached hydrogens (primary N) is 1. The van der Waals surface area contributed by atoms with Gasteiger partial charge in [-0.25, -0.2) is 14.6 Å². The Kier molecular flexibility index (Phi) is 9.69. The van der Waals surface area contributed by atoms with Crippen molar-refractivity contribution in [1.29, 1.82) is 0 Å². The molecular formula is C30H24F3N5O8. The third-order valence-electron chi connectivity index (χ3n) is 6.32. The molecule has 0 aliphatic rings. The summed E-state index contributed by atoms with van der Waals surface area (Å²) in [7, 11) is 4.29. The average molecular weight is 640 g/mol. The van der Waals surface area contributed by atoms with Crippen LogP contribution < -0.4 is 20.5 Å². The van der Waals surface area contributed by atoms with Gasteiger partial charge in [-0.05, 0) is 35.4 Å². The van der Waals surface area contributed by atoms with Crippen LogP contribution in [-0.2, 0) is 9.53 Å². The summed E-state index contributed by atoms with van der Waals surface area (Å²) in [5, 5.41) is 11.0. The summed E-state index contributed by atoms with van der Waals surface area (Å²) >= 11 is 0. The molecule has 0 atom stereocenters. The first-order valence-electron chi connectivity index (χ1n) is 12.9. The van der Waals surface area contributed by atoms with Crippen molar-refractivity contribution in [2.75, 3.05) is 26.6 Å². The van der Waals surface area contributed by atoms with E-state index in [9.17, 15) is 22.8 Å². The van der Waals surface area contributed by atoms with Gasteiger partial charge in [0.25, 0.3) is 5.91 Å². The van der Waals surface area contributed by atoms with Crippen LogP contribution in [0.25, 0.3) is 33.2 Å². The summed E-state index contributed by atoms with van der Waals surface area (Å²) in [6.45, 7) is 0. The molecule has 0 aliphatic carbocycles. The third-order valence-corrected chi connectivity index (χ3v) is 6.32. The van der Waals surface area contributed by atoms with Crippen LogP contribution in [0.1, 0.15) is 20.7 Å². The Morgan fingerprint density at radius 1 is 0.913 bits per heavy atom. The summed E-state index contributed by atoms with van der Waals surface area (Å²) < 4.78 is 52.4. The summed E-state index contributed by atoms with van der Waals surface area (Å²) in [6, 6.07) is 12.6. The highest BCUT2D eigenvalue weighted by atomic mass is 19.4. The predicted octanol–water partition coefficient (Wildman–Crippen LogP) is 5.23. The molecule has 46 heavy (non-hydrogen) atoms. The zero-order valence-corrected chi connectivity index (χ0v) is 24.2. The number of anilines is 2. The van der Waals surface area contributed by atoms with Gasteiger partial charge in [0, 0.05) is 29.0 Å². The molecule has 0 fully saturated rings. The number of pyridine rings is 1. The molecule has 13 nitrogen and oxygen atoms in total. The number of rotatable bonds is 8.